The zero-order valence-corrected chi connectivity index (χ0v) is 13.5. The van der Waals surface area contributed by atoms with Gasteiger partial charge in [-0.05, 0) is 35.7 Å². The average molecular weight is 346 g/mol. The lowest BCUT2D eigenvalue weighted by molar-refractivity contribution is 0.116. The summed E-state index contributed by atoms with van der Waals surface area (Å²) in [7, 11) is 0. The lowest BCUT2D eigenvalue weighted by atomic mass is 9.77. The quantitative estimate of drug-likeness (QED) is 0.856. The first-order valence-corrected chi connectivity index (χ1v) is 7.56. The third-order valence-electron chi connectivity index (χ3n) is 3.60. The molecule has 0 spiro atoms. The summed E-state index contributed by atoms with van der Waals surface area (Å²) in [5, 5.41) is 21.2. The Labute approximate surface area is 138 Å². The van der Waals surface area contributed by atoms with Crippen molar-refractivity contribution >= 4 is 34.8 Å². The molecule has 0 saturated heterocycles. The Morgan fingerprint density at radius 2 is 1.57 bits per heavy atom. The lowest BCUT2D eigenvalue weighted by Crippen LogP contribution is -2.37. The van der Waals surface area contributed by atoms with Crippen molar-refractivity contribution in [1.29, 1.82) is 0 Å². The standard InChI is InChI=1S/C16H15Cl3O2/c17-13-5-2-4-12(7-13)16(9-20,10-21)8-11-3-1-6-14(18)15(11)19/h1-7,20-21H,8-10H2. The molecule has 0 saturated carbocycles. The fourth-order valence-corrected chi connectivity index (χ4v) is 2.89. The van der Waals surface area contributed by atoms with E-state index in [-0.39, 0.29) is 13.2 Å². The van der Waals surface area contributed by atoms with Gasteiger partial charge in [0.25, 0.3) is 0 Å². The summed E-state index contributed by atoms with van der Waals surface area (Å²) < 4.78 is 0. The van der Waals surface area contributed by atoms with Crippen molar-refractivity contribution in [2.75, 3.05) is 13.2 Å². The van der Waals surface area contributed by atoms with Crippen LogP contribution in [0.2, 0.25) is 15.1 Å². The second-order valence-corrected chi connectivity index (χ2v) is 6.22. The van der Waals surface area contributed by atoms with Crippen molar-refractivity contribution in [3.63, 3.8) is 0 Å². The molecular weight excluding hydrogens is 331 g/mol. The fourth-order valence-electron chi connectivity index (χ4n) is 2.31. The van der Waals surface area contributed by atoms with Crippen LogP contribution in [0.1, 0.15) is 11.1 Å². The van der Waals surface area contributed by atoms with Gasteiger partial charge in [-0.2, -0.15) is 0 Å². The van der Waals surface area contributed by atoms with Crippen molar-refractivity contribution in [3.8, 4) is 0 Å². The Balaban J connectivity index is 2.45. The number of rotatable bonds is 5. The van der Waals surface area contributed by atoms with Gasteiger partial charge < -0.3 is 10.2 Å². The molecule has 2 aromatic rings. The molecule has 112 valence electrons. The van der Waals surface area contributed by atoms with Gasteiger partial charge in [-0.1, -0.05) is 59.1 Å². The molecular formula is C16H15Cl3O2. The van der Waals surface area contributed by atoms with Gasteiger partial charge in [-0.3, -0.25) is 0 Å². The number of hydrogen-bond donors (Lipinski definition) is 2. The van der Waals surface area contributed by atoms with Crippen LogP contribution in [0.15, 0.2) is 42.5 Å². The molecule has 0 bridgehead atoms. The largest absolute Gasteiger partial charge is 0.395 e. The van der Waals surface area contributed by atoms with E-state index >= 15 is 0 Å². The van der Waals surface area contributed by atoms with E-state index in [2.05, 4.69) is 0 Å². The Hall–Kier alpha value is -0.770. The van der Waals surface area contributed by atoms with Crippen LogP contribution in [-0.4, -0.2) is 23.4 Å². The van der Waals surface area contributed by atoms with Crippen molar-refractivity contribution in [2.24, 2.45) is 0 Å². The van der Waals surface area contributed by atoms with Crippen LogP contribution in [-0.2, 0) is 11.8 Å². The molecule has 0 amide bonds. The maximum Gasteiger partial charge on any atom is 0.0624 e. The molecule has 0 unspecified atom stereocenters. The average Bonchev–Trinajstić information content (AvgIpc) is 2.49. The summed E-state index contributed by atoms with van der Waals surface area (Å²) >= 11 is 18.2. The van der Waals surface area contributed by atoms with Crippen LogP contribution in [0.5, 0.6) is 0 Å². The number of aliphatic hydroxyl groups excluding tert-OH is 2. The first-order chi connectivity index (χ1) is 10.0. The zero-order chi connectivity index (χ0) is 15.5. The molecule has 2 aromatic carbocycles. The molecule has 0 fully saturated rings. The number of benzene rings is 2. The van der Waals surface area contributed by atoms with Crippen molar-refractivity contribution in [2.45, 2.75) is 11.8 Å². The minimum Gasteiger partial charge on any atom is -0.395 e. The van der Waals surface area contributed by atoms with E-state index in [1.807, 2.05) is 12.1 Å². The number of halogens is 3. The monoisotopic (exact) mass is 344 g/mol. The molecule has 2 nitrogen and oxygen atoms in total. The fraction of sp³-hybridized carbons (Fsp3) is 0.250. The topological polar surface area (TPSA) is 40.5 Å². The summed E-state index contributed by atoms with van der Waals surface area (Å²) in [4.78, 5) is 0. The Morgan fingerprint density at radius 3 is 2.19 bits per heavy atom. The first-order valence-electron chi connectivity index (χ1n) is 6.43. The van der Waals surface area contributed by atoms with Crippen LogP contribution < -0.4 is 0 Å². The Kier molecular flexibility index (Phi) is 5.53. The highest BCUT2D eigenvalue weighted by atomic mass is 35.5. The minimum atomic E-state index is -0.862. The number of aliphatic hydroxyl groups is 2. The lowest BCUT2D eigenvalue weighted by Gasteiger charge is -2.31. The van der Waals surface area contributed by atoms with Gasteiger partial charge in [0.2, 0.25) is 0 Å². The second kappa shape index (κ2) is 6.99. The third kappa shape index (κ3) is 3.53. The van der Waals surface area contributed by atoms with Gasteiger partial charge in [-0.15, -0.1) is 0 Å². The Bertz CT molecular complexity index is 625. The van der Waals surface area contributed by atoms with Gasteiger partial charge >= 0.3 is 0 Å². The molecule has 0 radical (unpaired) electrons. The molecule has 0 heterocycles. The van der Waals surface area contributed by atoms with E-state index in [1.165, 1.54) is 0 Å². The summed E-state index contributed by atoms with van der Waals surface area (Å²) in [6, 6.07) is 12.4. The Morgan fingerprint density at radius 1 is 0.905 bits per heavy atom. The van der Waals surface area contributed by atoms with Crippen LogP contribution in [0.3, 0.4) is 0 Å². The maximum atomic E-state index is 9.86. The predicted molar refractivity (Wildman–Crippen MR) is 87.5 cm³/mol. The van der Waals surface area contributed by atoms with E-state index in [1.54, 1.807) is 30.3 Å². The number of hydrogen-bond acceptors (Lipinski definition) is 2. The highest BCUT2D eigenvalue weighted by molar-refractivity contribution is 6.42. The van der Waals surface area contributed by atoms with Crippen LogP contribution >= 0.6 is 34.8 Å². The highest BCUT2D eigenvalue weighted by Gasteiger charge is 2.32. The summed E-state index contributed by atoms with van der Waals surface area (Å²) in [6.45, 7) is -0.459. The van der Waals surface area contributed by atoms with Gasteiger partial charge in [0, 0.05) is 10.4 Å². The predicted octanol–water partition coefficient (Wildman–Crippen LogP) is 4.11. The van der Waals surface area contributed by atoms with Crippen molar-refractivity contribution in [1.82, 2.24) is 0 Å². The minimum absolute atomic E-state index is 0.229. The van der Waals surface area contributed by atoms with Crippen molar-refractivity contribution < 1.29 is 10.2 Å². The summed E-state index contributed by atoms with van der Waals surface area (Å²) in [5.41, 5.74) is 0.669. The van der Waals surface area contributed by atoms with Crippen molar-refractivity contribution in [3.05, 3.63) is 68.7 Å². The second-order valence-electron chi connectivity index (χ2n) is 5.00. The van der Waals surface area contributed by atoms with E-state index in [0.29, 0.717) is 21.5 Å². The van der Waals surface area contributed by atoms with Gasteiger partial charge in [-0.25, -0.2) is 0 Å². The first kappa shape index (κ1) is 16.6. The highest BCUT2D eigenvalue weighted by Crippen LogP contribution is 2.34. The molecule has 2 N–H and O–H groups in total. The molecule has 0 aliphatic heterocycles. The molecule has 0 aliphatic rings. The molecule has 2 rings (SSSR count). The normalized spacial score (nSPS) is 11.7. The molecule has 0 aliphatic carbocycles. The van der Waals surface area contributed by atoms with E-state index in [9.17, 15) is 10.2 Å². The van der Waals surface area contributed by atoms with E-state index in [0.717, 1.165) is 11.1 Å². The van der Waals surface area contributed by atoms with Gasteiger partial charge in [0.1, 0.15) is 0 Å². The third-order valence-corrected chi connectivity index (χ3v) is 4.70. The SMILES string of the molecule is OCC(CO)(Cc1cccc(Cl)c1Cl)c1cccc(Cl)c1. The van der Waals surface area contributed by atoms with Crippen LogP contribution in [0.4, 0.5) is 0 Å². The molecule has 5 heteroatoms. The molecule has 0 aromatic heterocycles. The zero-order valence-electron chi connectivity index (χ0n) is 11.2. The summed E-state index contributed by atoms with van der Waals surface area (Å²) in [6.07, 6.45) is 0.361. The molecule has 21 heavy (non-hydrogen) atoms. The van der Waals surface area contributed by atoms with Crippen LogP contribution in [0, 0.1) is 0 Å². The summed E-state index contributed by atoms with van der Waals surface area (Å²) in [5.74, 6) is 0. The van der Waals surface area contributed by atoms with E-state index < -0.39 is 5.41 Å². The van der Waals surface area contributed by atoms with Crippen LogP contribution in [0.25, 0.3) is 0 Å². The molecule has 0 atom stereocenters. The van der Waals surface area contributed by atoms with Gasteiger partial charge in [0.05, 0.1) is 23.3 Å². The van der Waals surface area contributed by atoms with E-state index in [4.69, 9.17) is 34.8 Å². The maximum absolute atomic E-state index is 9.86. The smallest absolute Gasteiger partial charge is 0.0624 e. The van der Waals surface area contributed by atoms with Gasteiger partial charge in [0.15, 0.2) is 0 Å².